The Hall–Kier alpha value is -0.490. The Bertz CT molecular complexity index is 600. The van der Waals surface area contributed by atoms with Crippen LogP contribution in [0.2, 0.25) is 5.02 Å². The Morgan fingerprint density at radius 1 is 1.38 bits per heavy atom. The van der Waals surface area contributed by atoms with E-state index in [4.69, 9.17) is 11.6 Å². The number of halogens is 2. The smallest absolute Gasteiger partial charge is 0.0848 e. The minimum Gasteiger partial charge on any atom is -0.392 e. The molecule has 1 heterocycles. The van der Waals surface area contributed by atoms with Crippen molar-refractivity contribution in [3.63, 3.8) is 0 Å². The lowest BCUT2D eigenvalue weighted by molar-refractivity contribution is 0.197. The lowest BCUT2D eigenvalue weighted by Gasteiger charge is -2.12. The van der Waals surface area contributed by atoms with Crippen LogP contribution in [0.3, 0.4) is 0 Å². The van der Waals surface area contributed by atoms with Crippen LogP contribution in [0.5, 0.6) is 0 Å². The van der Waals surface area contributed by atoms with Gasteiger partial charge in [-0.2, -0.15) is 5.10 Å². The third-order valence-electron chi connectivity index (χ3n) is 3.14. The second kappa shape index (κ2) is 7.68. The van der Waals surface area contributed by atoms with Crippen molar-refractivity contribution in [3.05, 3.63) is 45.1 Å². The molecule has 1 aromatic heterocycles. The Balaban J connectivity index is 1.95. The third kappa shape index (κ3) is 4.49. The van der Waals surface area contributed by atoms with E-state index in [-0.39, 0.29) is 0 Å². The van der Waals surface area contributed by atoms with E-state index in [1.165, 1.54) is 0 Å². The molecule has 0 bridgehead atoms. The summed E-state index contributed by atoms with van der Waals surface area (Å²) >= 11 is 11.3. The number of rotatable bonds is 6. The zero-order chi connectivity index (χ0) is 15.4. The highest BCUT2D eigenvalue weighted by molar-refractivity contribution is 9.10. The molecule has 1 unspecified atom stereocenters. The van der Waals surface area contributed by atoms with Crippen LogP contribution in [-0.2, 0) is 13.0 Å². The van der Waals surface area contributed by atoms with Gasteiger partial charge in [0.2, 0.25) is 0 Å². The summed E-state index contributed by atoms with van der Waals surface area (Å²) in [5.41, 5.74) is 1.74. The molecule has 2 aromatic rings. The number of aryl methyl sites for hydroxylation is 2. The maximum Gasteiger partial charge on any atom is 0.0848 e. The first kappa shape index (κ1) is 16.9. The molecule has 3 nitrogen and oxygen atoms in total. The summed E-state index contributed by atoms with van der Waals surface area (Å²) in [6.07, 6.45) is 0.0781. The minimum absolute atomic E-state index is 0.447. The maximum absolute atomic E-state index is 10.2. The normalized spacial score (nSPS) is 12.6. The molecule has 0 spiro atoms. The van der Waals surface area contributed by atoms with Crippen molar-refractivity contribution >= 4 is 39.3 Å². The molecule has 1 N–H and O–H groups in total. The molecule has 0 saturated heterocycles. The first-order chi connectivity index (χ1) is 10.0. The van der Waals surface area contributed by atoms with E-state index >= 15 is 0 Å². The molecule has 1 aromatic carbocycles. The fraction of sp³-hybridized carbons (Fsp3) is 0.400. The molecule has 0 aliphatic heterocycles. The lowest BCUT2D eigenvalue weighted by Crippen LogP contribution is -2.17. The zero-order valence-corrected chi connectivity index (χ0v) is 15.2. The topological polar surface area (TPSA) is 38.0 Å². The highest BCUT2D eigenvalue weighted by Crippen LogP contribution is 2.25. The van der Waals surface area contributed by atoms with Crippen molar-refractivity contribution in [2.75, 3.05) is 5.75 Å². The maximum atomic E-state index is 10.2. The predicted molar refractivity (Wildman–Crippen MR) is 92.2 cm³/mol. The van der Waals surface area contributed by atoms with Crippen LogP contribution in [0.1, 0.15) is 18.3 Å². The largest absolute Gasteiger partial charge is 0.392 e. The van der Waals surface area contributed by atoms with Crippen molar-refractivity contribution in [3.8, 4) is 0 Å². The van der Waals surface area contributed by atoms with E-state index in [0.717, 1.165) is 27.3 Å². The highest BCUT2D eigenvalue weighted by atomic mass is 79.9. The SMILES string of the molecule is CCn1nc(C)c(Cl)c1CC(O)CSc1ccc(Br)cc1. The summed E-state index contributed by atoms with van der Waals surface area (Å²) in [6.45, 7) is 4.67. The molecule has 0 radical (unpaired) electrons. The van der Waals surface area contributed by atoms with Crippen LogP contribution in [0.15, 0.2) is 33.6 Å². The van der Waals surface area contributed by atoms with E-state index in [0.29, 0.717) is 17.2 Å². The second-order valence-corrected chi connectivity index (χ2v) is 7.17. The van der Waals surface area contributed by atoms with Gasteiger partial charge in [-0.15, -0.1) is 11.8 Å². The van der Waals surface area contributed by atoms with Crippen LogP contribution in [0, 0.1) is 6.92 Å². The summed E-state index contributed by atoms with van der Waals surface area (Å²) in [5, 5.41) is 15.3. The summed E-state index contributed by atoms with van der Waals surface area (Å²) in [7, 11) is 0. The summed E-state index contributed by atoms with van der Waals surface area (Å²) in [4.78, 5) is 1.14. The fourth-order valence-corrected chi connectivity index (χ4v) is 3.38. The van der Waals surface area contributed by atoms with Crippen molar-refractivity contribution in [1.29, 1.82) is 0 Å². The monoisotopic (exact) mass is 388 g/mol. The van der Waals surface area contributed by atoms with Gasteiger partial charge in [0.15, 0.2) is 0 Å². The fourth-order valence-electron chi connectivity index (χ4n) is 2.07. The van der Waals surface area contributed by atoms with E-state index in [1.807, 2.05) is 42.8 Å². The number of hydrogen-bond acceptors (Lipinski definition) is 3. The van der Waals surface area contributed by atoms with Gasteiger partial charge in [-0.1, -0.05) is 27.5 Å². The molecular weight excluding hydrogens is 372 g/mol. The van der Waals surface area contributed by atoms with Gasteiger partial charge in [-0.3, -0.25) is 4.68 Å². The summed E-state index contributed by atoms with van der Waals surface area (Å²) < 4.78 is 2.92. The first-order valence-corrected chi connectivity index (χ1v) is 8.95. The van der Waals surface area contributed by atoms with Gasteiger partial charge in [-0.25, -0.2) is 0 Å². The molecule has 21 heavy (non-hydrogen) atoms. The number of benzene rings is 1. The molecule has 0 aliphatic rings. The Morgan fingerprint density at radius 3 is 2.67 bits per heavy atom. The molecule has 0 amide bonds. The minimum atomic E-state index is -0.447. The van der Waals surface area contributed by atoms with Crippen LogP contribution >= 0.6 is 39.3 Å². The quantitative estimate of drug-likeness (QED) is 0.748. The van der Waals surface area contributed by atoms with E-state index in [1.54, 1.807) is 11.8 Å². The van der Waals surface area contributed by atoms with Crippen molar-refractivity contribution in [1.82, 2.24) is 9.78 Å². The van der Waals surface area contributed by atoms with Crippen molar-refractivity contribution < 1.29 is 5.11 Å². The van der Waals surface area contributed by atoms with Gasteiger partial charge in [0, 0.05) is 28.1 Å². The average molecular weight is 390 g/mol. The number of hydrogen-bond donors (Lipinski definition) is 1. The molecular formula is C15H18BrClN2OS. The van der Waals surface area contributed by atoms with E-state index in [9.17, 15) is 5.11 Å². The lowest BCUT2D eigenvalue weighted by atomic mass is 10.2. The van der Waals surface area contributed by atoms with Crippen LogP contribution in [0.25, 0.3) is 0 Å². The number of nitrogens with zero attached hydrogens (tertiary/aromatic N) is 2. The molecule has 0 fully saturated rings. The third-order valence-corrected chi connectivity index (χ3v) is 5.32. The van der Waals surface area contributed by atoms with Crippen LogP contribution < -0.4 is 0 Å². The average Bonchev–Trinajstić information content (AvgIpc) is 2.74. The van der Waals surface area contributed by atoms with Crippen LogP contribution in [0.4, 0.5) is 0 Å². The molecule has 2 rings (SSSR count). The zero-order valence-electron chi connectivity index (χ0n) is 12.0. The van der Waals surface area contributed by atoms with E-state index in [2.05, 4.69) is 21.0 Å². The molecule has 0 aliphatic carbocycles. The van der Waals surface area contributed by atoms with Gasteiger partial charge >= 0.3 is 0 Å². The van der Waals surface area contributed by atoms with Gasteiger partial charge in [0.05, 0.1) is 22.5 Å². The van der Waals surface area contributed by atoms with Gasteiger partial charge < -0.3 is 5.11 Å². The summed E-state index contributed by atoms with van der Waals surface area (Å²) in [6, 6.07) is 8.08. The molecule has 114 valence electrons. The van der Waals surface area contributed by atoms with Crippen molar-refractivity contribution in [2.45, 2.75) is 37.8 Å². The summed E-state index contributed by atoms with van der Waals surface area (Å²) in [5.74, 6) is 0.631. The number of aliphatic hydroxyl groups excluding tert-OH is 1. The van der Waals surface area contributed by atoms with Crippen LogP contribution in [-0.4, -0.2) is 26.7 Å². The standard InChI is InChI=1S/C15H18BrClN2OS/c1-3-19-14(15(17)10(2)18-19)8-12(20)9-21-13-6-4-11(16)5-7-13/h4-7,12,20H,3,8-9H2,1-2H3. The van der Waals surface area contributed by atoms with E-state index < -0.39 is 6.10 Å². The Kier molecular flexibility index (Phi) is 6.17. The molecule has 0 saturated carbocycles. The molecule has 1 atom stereocenters. The van der Waals surface area contributed by atoms with Gasteiger partial charge in [-0.05, 0) is 38.1 Å². The number of thioether (sulfide) groups is 1. The molecule has 6 heteroatoms. The van der Waals surface area contributed by atoms with Crippen molar-refractivity contribution in [2.24, 2.45) is 0 Å². The van der Waals surface area contributed by atoms with Gasteiger partial charge in [0.25, 0.3) is 0 Å². The first-order valence-electron chi connectivity index (χ1n) is 6.79. The highest BCUT2D eigenvalue weighted by Gasteiger charge is 2.16. The Morgan fingerprint density at radius 2 is 2.05 bits per heavy atom. The van der Waals surface area contributed by atoms with Gasteiger partial charge in [0.1, 0.15) is 0 Å². The second-order valence-electron chi connectivity index (χ2n) is 4.78. The number of aromatic nitrogens is 2. The Labute approximate surface area is 142 Å². The predicted octanol–water partition coefficient (Wildman–Crippen LogP) is 4.32. The number of aliphatic hydroxyl groups is 1.